The zero-order valence-corrected chi connectivity index (χ0v) is 11.9. The molecule has 0 aromatic heterocycles. The standard InChI is InChI=1S/C13H16BrNO3/c1-17-12-8-10(9-16)7-11(14)13(12)18-6-4-2-3-5-15/h7-8,16H,2-4,6,9H2,1H3. The summed E-state index contributed by atoms with van der Waals surface area (Å²) in [6.07, 6.45) is 2.20. The number of aliphatic hydroxyl groups is 1. The first kappa shape index (κ1) is 14.8. The molecular weight excluding hydrogens is 298 g/mol. The monoisotopic (exact) mass is 313 g/mol. The third-order valence-corrected chi connectivity index (χ3v) is 2.99. The van der Waals surface area contributed by atoms with Crippen LogP contribution in [0, 0.1) is 11.3 Å². The smallest absolute Gasteiger partial charge is 0.175 e. The van der Waals surface area contributed by atoms with Crippen molar-refractivity contribution in [3.8, 4) is 17.6 Å². The predicted molar refractivity (Wildman–Crippen MR) is 71.6 cm³/mol. The lowest BCUT2D eigenvalue weighted by Gasteiger charge is -2.13. The van der Waals surface area contributed by atoms with Gasteiger partial charge in [-0.25, -0.2) is 0 Å². The van der Waals surface area contributed by atoms with E-state index in [1.807, 2.05) is 0 Å². The van der Waals surface area contributed by atoms with E-state index in [-0.39, 0.29) is 6.61 Å². The third kappa shape index (κ3) is 4.21. The molecule has 98 valence electrons. The first-order valence-electron chi connectivity index (χ1n) is 5.70. The molecule has 0 aliphatic heterocycles. The van der Waals surface area contributed by atoms with Crippen LogP contribution in [0.2, 0.25) is 0 Å². The lowest BCUT2D eigenvalue weighted by Crippen LogP contribution is -2.01. The van der Waals surface area contributed by atoms with Crippen LogP contribution in [0.15, 0.2) is 16.6 Å². The summed E-state index contributed by atoms with van der Waals surface area (Å²) in [4.78, 5) is 0. The SMILES string of the molecule is COc1cc(CO)cc(Br)c1OCCCCC#N. The second-order valence-corrected chi connectivity index (χ2v) is 4.59. The van der Waals surface area contributed by atoms with Crippen LogP contribution in [0.4, 0.5) is 0 Å². The number of nitrogens with zero attached hydrogens (tertiary/aromatic N) is 1. The predicted octanol–water partition coefficient (Wildman–Crippen LogP) is 3.02. The van der Waals surface area contributed by atoms with E-state index in [1.54, 1.807) is 19.2 Å². The maximum atomic E-state index is 9.10. The van der Waals surface area contributed by atoms with Crippen molar-refractivity contribution < 1.29 is 14.6 Å². The Morgan fingerprint density at radius 3 is 2.78 bits per heavy atom. The number of hydrogen-bond acceptors (Lipinski definition) is 4. The van der Waals surface area contributed by atoms with Crippen LogP contribution in [0.25, 0.3) is 0 Å². The van der Waals surface area contributed by atoms with Crippen LogP contribution >= 0.6 is 15.9 Å². The summed E-state index contributed by atoms with van der Waals surface area (Å²) in [7, 11) is 1.56. The molecule has 0 aliphatic carbocycles. The number of halogens is 1. The van der Waals surface area contributed by atoms with E-state index < -0.39 is 0 Å². The van der Waals surface area contributed by atoms with Gasteiger partial charge in [0.15, 0.2) is 11.5 Å². The van der Waals surface area contributed by atoms with E-state index in [4.69, 9.17) is 19.8 Å². The Balaban J connectivity index is 2.67. The minimum atomic E-state index is -0.0442. The highest BCUT2D eigenvalue weighted by molar-refractivity contribution is 9.10. The molecule has 0 radical (unpaired) electrons. The van der Waals surface area contributed by atoms with Crippen molar-refractivity contribution in [2.75, 3.05) is 13.7 Å². The maximum absolute atomic E-state index is 9.10. The van der Waals surface area contributed by atoms with E-state index in [0.717, 1.165) is 22.9 Å². The molecule has 18 heavy (non-hydrogen) atoms. The van der Waals surface area contributed by atoms with Crippen molar-refractivity contribution >= 4 is 15.9 Å². The molecule has 0 atom stereocenters. The van der Waals surface area contributed by atoms with Gasteiger partial charge in [-0.15, -0.1) is 0 Å². The van der Waals surface area contributed by atoms with Gasteiger partial charge in [0.05, 0.1) is 30.9 Å². The Bertz CT molecular complexity index is 429. The van der Waals surface area contributed by atoms with Crippen molar-refractivity contribution in [2.24, 2.45) is 0 Å². The average molecular weight is 314 g/mol. The van der Waals surface area contributed by atoms with Gasteiger partial charge in [-0.3, -0.25) is 0 Å². The van der Waals surface area contributed by atoms with Crippen molar-refractivity contribution in [3.05, 3.63) is 22.2 Å². The largest absolute Gasteiger partial charge is 0.493 e. The van der Waals surface area contributed by atoms with Gasteiger partial charge in [0.25, 0.3) is 0 Å². The zero-order valence-electron chi connectivity index (χ0n) is 10.3. The second-order valence-electron chi connectivity index (χ2n) is 3.73. The molecule has 0 spiro atoms. The van der Waals surface area contributed by atoms with Crippen LogP contribution in [-0.2, 0) is 6.61 Å². The maximum Gasteiger partial charge on any atom is 0.175 e. The van der Waals surface area contributed by atoms with E-state index in [0.29, 0.717) is 24.5 Å². The fraction of sp³-hybridized carbons (Fsp3) is 0.462. The Morgan fingerprint density at radius 2 is 2.17 bits per heavy atom. The van der Waals surface area contributed by atoms with Gasteiger partial charge >= 0.3 is 0 Å². The average Bonchev–Trinajstić information content (AvgIpc) is 2.39. The normalized spacial score (nSPS) is 9.89. The highest BCUT2D eigenvalue weighted by Crippen LogP contribution is 2.36. The molecule has 0 saturated carbocycles. The Morgan fingerprint density at radius 1 is 1.39 bits per heavy atom. The molecular formula is C13H16BrNO3. The second kappa shape index (κ2) is 7.96. The number of nitriles is 1. The van der Waals surface area contributed by atoms with Gasteiger partial charge < -0.3 is 14.6 Å². The summed E-state index contributed by atoms with van der Waals surface area (Å²) in [5, 5.41) is 17.5. The van der Waals surface area contributed by atoms with Crippen molar-refractivity contribution in [3.63, 3.8) is 0 Å². The van der Waals surface area contributed by atoms with Crippen LogP contribution in [0.3, 0.4) is 0 Å². The van der Waals surface area contributed by atoms with Gasteiger partial charge in [-0.1, -0.05) is 0 Å². The summed E-state index contributed by atoms with van der Waals surface area (Å²) in [5.74, 6) is 1.22. The molecule has 1 aromatic carbocycles. The first-order valence-corrected chi connectivity index (χ1v) is 6.49. The number of ether oxygens (including phenoxy) is 2. The summed E-state index contributed by atoms with van der Waals surface area (Å²) in [5.41, 5.74) is 0.760. The van der Waals surface area contributed by atoms with Crippen LogP contribution in [0.1, 0.15) is 24.8 Å². The Hall–Kier alpha value is -1.25. The quantitative estimate of drug-likeness (QED) is 0.786. The van der Waals surface area contributed by atoms with E-state index >= 15 is 0 Å². The molecule has 0 bridgehead atoms. The lowest BCUT2D eigenvalue weighted by molar-refractivity contribution is 0.274. The minimum Gasteiger partial charge on any atom is -0.493 e. The molecule has 1 N–H and O–H groups in total. The highest BCUT2D eigenvalue weighted by Gasteiger charge is 2.11. The number of methoxy groups -OCH3 is 1. The molecule has 0 amide bonds. The molecule has 1 rings (SSSR count). The van der Waals surface area contributed by atoms with E-state index in [9.17, 15) is 0 Å². The molecule has 0 saturated heterocycles. The highest BCUT2D eigenvalue weighted by atomic mass is 79.9. The Labute approximate surface area is 115 Å². The minimum absolute atomic E-state index is 0.0442. The fourth-order valence-corrected chi connectivity index (χ4v) is 2.09. The number of benzene rings is 1. The third-order valence-electron chi connectivity index (χ3n) is 2.40. The van der Waals surface area contributed by atoms with Gasteiger partial charge in [0.2, 0.25) is 0 Å². The molecule has 0 heterocycles. The Kier molecular flexibility index (Phi) is 6.55. The lowest BCUT2D eigenvalue weighted by atomic mass is 10.2. The molecule has 4 nitrogen and oxygen atoms in total. The summed E-state index contributed by atoms with van der Waals surface area (Å²) in [6, 6.07) is 5.64. The van der Waals surface area contributed by atoms with Crippen LogP contribution < -0.4 is 9.47 Å². The van der Waals surface area contributed by atoms with Gasteiger partial charge in [-0.05, 0) is 46.5 Å². The van der Waals surface area contributed by atoms with Crippen molar-refractivity contribution in [1.29, 1.82) is 5.26 Å². The van der Waals surface area contributed by atoms with Crippen LogP contribution in [-0.4, -0.2) is 18.8 Å². The number of aliphatic hydroxyl groups excluding tert-OH is 1. The summed E-state index contributed by atoms with van der Waals surface area (Å²) in [6.45, 7) is 0.493. The molecule has 0 unspecified atom stereocenters. The molecule has 0 fully saturated rings. The van der Waals surface area contributed by atoms with E-state index in [2.05, 4.69) is 22.0 Å². The topological polar surface area (TPSA) is 62.5 Å². The van der Waals surface area contributed by atoms with Crippen LogP contribution in [0.5, 0.6) is 11.5 Å². The van der Waals surface area contributed by atoms with Gasteiger partial charge in [0.1, 0.15) is 0 Å². The summed E-state index contributed by atoms with van der Waals surface area (Å²) < 4.78 is 11.6. The van der Waals surface area contributed by atoms with E-state index in [1.165, 1.54) is 0 Å². The molecule has 5 heteroatoms. The molecule has 0 aliphatic rings. The number of hydrogen-bond donors (Lipinski definition) is 1. The number of rotatable bonds is 7. The van der Waals surface area contributed by atoms with Crippen molar-refractivity contribution in [1.82, 2.24) is 0 Å². The fourth-order valence-electron chi connectivity index (χ4n) is 1.48. The van der Waals surface area contributed by atoms with Crippen molar-refractivity contribution in [2.45, 2.75) is 25.9 Å². The first-order chi connectivity index (χ1) is 8.72. The summed E-state index contributed by atoms with van der Waals surface area (Å²) >= 11 is 3.39. The zero-order chi connectivity index (χ0) is 13.4. The number of unbranched alkanes of at least 4 members (excludes halogenated alkanes) is 2. The van der Waals surface area contributed by atoms with Gasteiger partial charge in [0, 0.05) is 6.42 Å². The molecule has 1 aromatic rings. The van der Waals surface area contributed by atoms with Gasteiger partial charge in [-0.2, -0.15) is 5.26 Å².